The second kappa shape index (κ2) is 7.16. The first-order valence-electron chi connectivity index (χ1n) is 9.54. The number of aromatic nitrogens is 7. The highest BCUT2D eigenvalue weighted by Gasteiger charge is 2.26. The van der Waals surface area contributed by atoms with Crippen molar-refractivity contribution in [2.45, 2.75) is 31.8 Å². The lowest BCUT2D eigenvalue weighted by molar-refractivity contribution is 0.195. The molecule has 9 heteroatoms. The molecule has 144 valence electrons. The maximum Gasteiger partial charge on any atom is 0.152 e. The van der Waals surface area contributed by atoms with E-state index in [-0.39, 0.29) is 0 Å². The summed E-state index contributed by atoms with van der Waals surface area (Å²) >= 11 is 0. The highest BCUT2D eigenvalue weighted by Crippen LogP contribution is 2.27. The number of fused-ring (bicyclic) bond motifs is 1. The zero-order valence-corrected chi connectivity index (χ0v) is 15.8. The van der Waals surface area contributed by atoms with Gasteiger partial charge in [0, 0.05) is 38.4 Å². The zero-order valence-electron chi connectivity index (χ0n) is 15.8. The molecule has 9 nitrogen and oxygen atoms in total. The lowest BCUT2D eigenvalue weighted by atomic mass is 9.96. The topological polar surface area (TPSA) is 90.7 Å². The Morgan fingerprint density at radius 3 is 3.04 bits per heavy atom. The molecule has 0 saturated carbocycles. The van der Waals surface area contributed by atoms with Gasteiger partial charge in [-0.25, -0.2) is 9.61 Å². The SMILES string of the molecule is Cn1c(Cn2ccnc2)nnc1[C@H]1CCCN(Cc2cccc3nonc23)C1. The van der Waals surface area contributed by atoms with Gasteiger partial charge < -0.3 is 9.13 Å². The summed E-state index contributed by atoms with van der Waals surface area (Å²) in [7, 11) is 2.06. The quantitative estimate of drug-likeness (QED) is 0.524. The lowest BCUT2D eigenvalue weighted by Gasteiger charge is -2.32. The Bertz CT molecular complexity index is 1070. The van der Waals surface area contributed by atoms with Crippen LogP contribution in [0.4, 0.5) is 0 Å². The minimum Gasteiger partial charge on any atom is -0.330 e. The maximum atomic E-state index is 4.90. The Kier molecular flexibility index (Phi) is 4.36. The molecule has 1 aliphatic heterocycles. The van der Waals surface area contributed by atoms with E-state index in [9.17, 15) is 0 Å². The van der Waals surface area contributed by atoms with Crippen molar-refractivity contribution in [3.8, 4) is 0 Å². The number of hydrogen-bond donors (Lipinski definition) is 0. The zero-order chi connectivity index (χ0) is 18.9. The standard InChI is InChI=1S/C19H22N8O/c1-25-17(12-27-9-7-20-13-27)21-22-19(25)15-5-3-8-26(11-15)10-14-4-2-6-16-18(14)24-28-23-16/h2,4,6-7,9,13,15H,3,5,8,10-12H2,1H3/t15-/m0/s1. The Balaban J connectivity index is 1.32. The van der Waals surface area contributed by atoms with E-state index in [1.807, 2.05) is 22.9 Å². The van der Waals surface area contributed by atoms with Gasteiger partial charge in [-0.15, -0.1) is 10.2 Å². The van der Waals surface area contributed by atoms with Crippen molar-refractivity contribution in [3.05, 3.63) is 54.1 Å². The summed E-state index contributed by atoms with van der Waals surface area (Å²) in [4.78, 5) is 6.55. The first-order valence-corrected chi connectivity index (χ1v) is 9.54. The van der Waals surface area contributed by atoms with Crippen LogP contribution in [0.3, 0.4) is 0 Å². The molecule has 4 aromatic rings. The summed E-state index contributed by atoms with van der Waals surface area (Å²) in [5, 5.41) is 17.0. The van der Waals surface area contributed by atoms with Gasteiger partial charge in [-0.1, -0.05) is 12.1 Å². The number of piperidine rings is 1. The third-order valence-corrected chi connectivity index (χ3v) is 5.52. The van der Waals surface area contributed by atoms with Gasteiger partial charge in [0.15, 0.2) is 5.82 Å². The maximum absolute atomic E-state index is 4.90. The van der Waals surface area contributed by atoms with Crippen LogP contribution in [0.15, 0.2) is 41.5 Å². The third-order valence-electron chi connectivity index (χ3n) is 5.52. The number of likely N-dealkylation sites (tertiary alicyclic amines) is 1. The molecular weight excluding hydrogens is 356 g/mol. The van der Waals surface area contributed by atoms with Crippen LogP contribution in [-0.2, 0) is 20.1 Å². The normalized spacial score (nSPS) is 18.1. The summed E-state index contributed by atoms with van der Waals surface area (Å²) in [5.74, 6) is 2.38. The molecule has 4 heterocycles. The lowest BCUT2D eigenvalue weighted by Crippen LogP contribution is -2.35. The van der Waals surface area contributed by atoms with Gasteiger partial charge >= 0.3 is 0 Å². The smallest absolute Gasteiger partial charge is 0.152 e. The number of rotatable bonds is 5. The summed E-state index contributed by atoms with van der Waals surface area (Å²) < 4.78 is 9.04. The van der Waals surface area contributed by atoms with Crippen LogP contribution in [0.2, 0.25) is 0 Å². The number of imidazole rings is 1. The molecule has 0 N–H and O–H groups in total. The van der Waals surface area contributed by atoms with Crippen molar-refractivity contribution in [1.29, 1.82) is 0 Å². The van der Waals surface area contributed by atoms with Crippen LogP contribution in [0, 0.1) is 0 Å². The van der Waals surface area contributed by atoms with Crippen molar-refractivity contribution < 1.29 is 4.63 Å². The molecule has 1 saturated heterocycles. The van der Waals surface area contributed by atoms with Crippen LogP contribution in [0.5, 0.6) is 0 Å². The highest BCUT2D eigenvalue weighted by atomic mass is 16.6. The Morgan fingerprint density at radius 1 is 1.18 bits per heavy atom. The van der Waals surface area contributed by atoms with Gasteiger partial charge in [0.1, 0.15) is 16.9 Å². The van der Waals surface area contributed by atoms with E-state index in [4.69, 9.17) is 4.63 Å². The van der Waals surface area contributed by atoms with Crippen LogP contribution in [-0.4, -0.2) is 52.6 Å². The molecule has 1 atom stereocenters. The minimum absolute atomic E-state index is 0.373. The highest BCUT2D eigenvalue weighted by molar-refractivity contribution is 5.76. The van der Waals surface area contributed by atoms with Crippen molar-refractivity contribution >= 4 is 11.0 Å². The molecule has 1 fully saturated rings. The van der Waals surface area contributed by atoms with Crippen LogP contribution in [0.25, 0.3) is 11.0 Å². The van der Waals surface area contributed by atoms with E-state index in [1.54, 1.807) is 12.5 Å². The Hall–Kier alpha value is -3.07. The minimum atomic E-state index is 0.373. The Morgan fingerprint density at radius 2 is 2.14 bits per heavy atom. The molecule has 28 heavy (non-hydrogen) atoms. The second-order valence-corrected chi connectivity index (χ2v) is 7.39. The molecule has 0 radical (unpaired) electrons. The van der Waals surface area contributed by atoms with Crippen LogP contribution < -0.4 is 0 Å². The molecule has 3 aromatic heterocycles. The predicted molar refractivity (Wildman–Crippen MR) is 101 cm³/mol. The van der Waals surface area contributed by atoms with Crippen molar-refractivity contribution in [2.75, 3.05) is 13.1 Å². The second-order valence-electron chi connectivity index (χ2n) is 7.39. The largest absolute Gasteiger partial charge is 0.330 e. The van der Waals surface area contributed by atoms with Gasteiger partial charge in [-0.2, -0.15) is 0 Å². The van der Waals surface area contributed by atoms with E-state index in [2.05, 4.69) is 48.1 Å². The van der Waals surface area contributed by atoms with E-state index in [1.165, 1.54) is 0 Å². The third kappa shape index (κ3) is 3.18. The molecule has 0 spiro atoms. The molecule has 0 unspecified atom stereocenters. The van der Waals surface area contributed by atoms with Crippen molar-refractivity contribution in [2.24, 2.45) is 7.05 Å². The average molecular weight is 378 g/mol. The van der Waals surface area contributed by atoms with Gasteiger partial charge in [-0.05, 0) is 41.3 Å². The van der Waals surface area contributed by atoms with E-state index < -0.39 is 0 Å². The number of hydrogen-bond acceptors (Lipinski definition) is 7. The van der Waals surface area contributed by atoms with Crippen LogP contribution in [0.1, 0.15) is 36.0 Å². The molecular formula is C19H22N8O. The van der Waals surface area contributed by atoms with Crippen LogP contribution >= 0.6 is 0 Å². The number of nitrogens with zero attached hydrogens (tertiary/aromatic N) is 8. The molecule has 0 bridgehead atoms. The molecule has 1 aliphatic rings. The van der Waals surface area contributed by atoms with E-state index >= 15 is 0 Å². The van der Waals surface area contributed by atoms with E-state index in [0.29, 0.717) is 12.5 Å². The first kappa shape index (κ1) is 17.1. The molecule has 0 amide bonds. The fraction of sp³-hybridized carbons (Fsp3) is 0.421. The van der Waals surface area contributed by atoms with Gasteiger partial charge in [0.2, 0.25) is 0 Å². The van der Waals surface area contributed by atoms with Gasteiger partial charge in [-0.3, -0.25) is 4.90 Å². The van der Waals surface area contributed by atoms with Crippen molar-refractivity contribution in [1.82, 2.24) is 39.5 Å². The van der Waals surface area contributed by atoms with Crippen molar-refractivity contribution in [3.63, 3.8) is 0 Å². The number of benzene rings is 1. The summed E-state index contributed by atoms with van der Waals surface area (Å²) in [5.41, 5.74) is 2.81. The predicted octanol–water partition coefficient (Wildman–Crippen LogP) is 1.98. The molecule has 1 aromatic carbocycles. The first-order chi connectivity index (χ1) is 13.8. The fourth-order valence-electron chi connectivity index (χ4n) is 4.05. The fourth-order valence-corrected chi connectivity index (χ4v) is 4.05. The summed E-state index contributed by atoms with van der Waals surface area (Å²) in [6, 6.07) is 6.03. The summed E-state index contributed by atoms with van der Waals surface area (Å²) in [6.07, 6.45) is 7.79. The monoisotopic (exact) mass is 378 g/mol. The van der Waals surface area contributed by atoms with E-state index in [0.717, 1.165) is 60.7 Å². The van der Waals surface area contributed by atoms with Gasteiger partial charge in [0.05, 0.1) is 12.9 Å². The average Bonchev–Trinajstić information content (AvgIpc) is 3.45. The Labute approximate surface area is 162 Å². The summed E-state index contributed by atoms with van der Waals surface area (Å²) in [6.45, 7) is 3.54. The van der Waals surface area contributed by atoms with Gasteiger partial charge in [0.25, 0.3) is 0 Å². The molecule has 0 aliphatic carbocycles. The molecule has 5 rings (SSSR count).